The van der Waals surface area contributed by atoms with Crippen molar-refractivity contribution in [2.24, 2.45) is 11.3 Å². The Kier molecular flexibility index (Phi) is 5.75. The fourth-order valence-electron chi connectivity index (χ4n) is 5.97. The first-order valence-electron chi connectivity index (χ1n) is 12.4. The number of carboxylic acid groups (broad SMARTS) is 1. The third-order valence-electron chi connectivity index (χ3n) is 8.04. The Labute approximate surface area is 218 Å². The molecule has 4 aromatic rings. The Morgan fingerprint density at radius 3 is 2.59 bits per heavy atom. The van der Waals surface area contributed by atoms with E-state index in [9.17, 15) is 19.1 Å². The van der Waals surface area contributed by atoms with Crippen molar-refractivity contribution in [2.45, 2.75) is 38.3 Å². The van der Waals surface area contributed by atoms with Gasteiger partial charge in [-0.05, 0) is 54.0 Å². The number of hydrogen-bond acceptors (Lipinski definition) is 3. The van der Waals surface area contributed by atoms with Crippen molar-refractivity contribution in [3.63, 3.8) is 0 Å². The van der Waals surface area contributed by atoms with Crippen LogP contribution in [0.15, 0.2) is 66.9 Å². The van der Waals surface area contributed by atoms with Crippen molar-refractivity contribution in [1.82, 2.24) is 15.1 Å². The fourth-order valence-corrected chi connectivity index (χ4v) is 6.20. The van der Waals surface area contributed by atoms with Crippen molar-refractivity contribution >= 4 is 34.4 Å². The molecule has 2 N–H and O–H groups in total. The van der Waals surface area contributed by atoms with Gasteiger partial charge in [0.05, 0.1) is 29.7 Å². The number of halogens is 2. The summed E-state index contributed by atoms with van der Waals surface area (Å²) in [5, 5.41) is 18.2. The van der Waals surface area contributed by atoms with Crippen LogP contribution in [0.2, 0.25) is 5.02 Å². The van der Waals surface area contributed by atoms with Gasteiger partial charge in [0.25, 0.3) is 5.91 Å². The molecule has 1 spiro atoms. The van der Waals surface area contributed by atoms with Gasteiger partial charge in [0.1, 0.15) is 5.82 Å². The predicted octanol–water partition coefficient (Wildman–Crippen LogP) is 5.92. The largest absolute Gasteiger partial charge is 0.481 e. The molecule has 0 radical (unpaired) electrons. The zero-order valence-corrected chi connectivity index (χ0v) is 20.7. The Bertz CT molecular complexity index is 1530. The fraction of sp³-hybridized carbons (Fsp3) is 0.276. The van der Waals surface area contributed by atoms with Crippen molar-refractivity contribution in [2.75, 3.05) is 0 Å². The minimum absolute atomic E-state index is 0.116. The molecule has 0 aliphatic heterocycles. The summed E-state index contributed by atoms with van der Waals surface area (Å²) < 4.78 is 16.6. The Balaban J connectivity index is 1.31. The molecule has 1 aromatic heterocycles. The number of aliphatic carboxylic acids is 1. The van der Waals surface area contributed by atoms with Crippen LogP contribution in [-0.4, -0.2) is 32.8 Å². The standard InChI is InChI=1S/C29H25ClFN3O3/c30-20-12-19-15-32-34(16-17-7-8-21(24(31)11-17)18-5-2-1-3-6-18)25(19)22(13-20)27(35)33-26-23(28(36)37)14-29(26)9-4-10-29/h1-3,5-8,11-13,15,23,26H,4,9-10,14,16H2,(H,33,35)(H,36,37). The zero-order valence-electron chi connectivity index (χ0n) is 20.0. The van der Waals surface area contributed by atoms with Gasteiger partial charge in [-0.2, -0.15) is 5.10 Å². The van der Waals surface area contributed by atoms with E-state index < -0.39 is 17.9 Å². The van der Waals surface area contributed by atoms with Crippen molar-refractivity contribution in [1.29, 1.82) is 0 Å². The van der Waals surface area contributed by atoms with Crippen LogP contribution >= 0.6 is 11.6 Å². The van der Waals surface area contributed by atoms with Crippen LogP contribution in [0.4, 0.5) is 4.39 Å². The highest BCUT2D eigenvalue weighted by Crippen LogP contribution is 2.58. The highest BCUT2D eigenvalue weighted by atomic mass is 35.5. The second kappa shape index (κ2) is 8.99. The molecule has 2 aliphatic carbocycles. The topological polar surface area (TPSA) is 84.2 Å². The first kappa shape index (κ1) is 23.7. The van der Waals surface area contributed by atoms with Crippen LogP contribution in [0.3, 0.4) is 0 Å². The average molecular weight is 518 g/mol. The van der Waals surface area contributed by atoms with Gasteiger partial charge in [-0.1, -0.05) is 60.5 Å². The lowest BCUT2D eigenvalue weighted by molar-refractivity contribution is -0.159. The van der Waals surface area contributed by atoms with Crippen LogP contribution in [0.5, 0.6) is 0 Å². The number of nitrogens with one attached hydrogen (secondary N) is 1. The molecule has 2 saturated carbocycles. The maximum absolute atomic E-state index is 15.0. The summed E-state index contributed by atoms with van der Waals surface area (Å²) in [7, 11) is 0. The van der Waals surface area contributed by atoms with Crippen LogP contribution in [0.1, 0.15) is 41.6 Å². The van der Waals surface area contributed by atoms with E-state index in [4.69, 9.17) is 11.6 Å². The average Bonchev–Trinajstić information content (AvgIpc) is 3.23. The molecule has 8 heteroatoms. The van der Waals surface area contributed by atoms with E-state index >= 15 is 0 Å². The number of carbonyl (C=O) groups excluding carboxylic acids is 1. The van der Waals surface area contributed by atoms with Crippen molar-refractivity contribution in [3.8, 4) is 11.1 Å². The van der Waals surface area contributed by atoms with Crippen LogP contribution in [-0.2, 0) is 11.3 Å². The number of benzene rings is 3. The second-order valence-electron chi connectivity index (χ2n) is 10.2. The van der Waals surface area contributed by atoms with E-state index in [-0.39, 0.29) is 23.7 Å². The third-order valence-corrected chi connectivity index (χ3v) is 8.25. The molecule has 2 aliphatic rings. The molecular formula is C29H25ClFN3O3. The van der Waals surface area contributed by atoms with Gasteiger partial charge in [-0.3, -0.25) is 14.3 Å². The Morgan fingerprint density at radius 1 is 1.14 bits per heavy atom. The van der Waals surface area contributed by atoms with Gasteiger partial charge >= 0.3 is 5.97 Å². The molecule has 3 aromatic carbocycles. The lowest BCUT2D eigenvalue weighted by Crippen LogP contribution is -2.66. The van der Waals surface area contributed by atoms with E-state index in [1.807, 2.05) is 36.4 Å². The molecule has 37 heavy (non-hydrogen) atoms. The molecule has 0 bridgehead atoms. The minimum Gasteiger partial charge on any atom is -0.481 e. The molecule has 2 fully saturated rings. The monoisotopic (exact) mass is 517 g/mol. The van der Waals surface area contributed by atoms with E-state index in [1.165, 1.54) is 6.07 Å². The number of hydrogen-bond donors (Lipinski definition) is 2. The molecule has 1 amide bonds. The van der Waals surface area contributed by atoms with Gasteiger partial charge < -0.3 is 10.4 Å². The summed E-state index contributed by atoms with van der Waals surface area (Å²) >= 11 is 6.33. The molecule has 1 heterocycles. The first-order valence-corrected chi connectivity index (χ1v) is 12.7. The van der Waals surface area contributed by atoms with E-state index in [0.717, 1.165) is 24.8 Å². The van der Waals surface area contributed by atoms with Gasteiger partial charge in [0, 0.05) is 22.0 Å². The molecule has 6 rings (SSSR count). The molecule has 0 saturated heterocycles. The lowest BCUT2D eigenvalue weighted by atomic mass is 9.48. The summed E-state index contributed by atoms with van der Waals surface area (Å²) in [5.74, 6) is -2.18. The smallest absolute Gasteiger partial charge is 0.308 e. The summed E-state index contributed by atoms with van der Waals surface area (Å²) in [6, 6.07) is 17.3. The number of carbonyl (C=O) groups is 2. The molecule has 2 atom stereocenters. The zero-order chi connectivity index (χ0) is 25.7. The summed E-state index contributed by atoms with van der Waals surface area (Å²) in [5.41, 5.74) is 2.79. The van der Waals surface area contributed by atoms with E-state index in [0.29, 0.717) is 39.0 Å². The van der Waals surface area contributed by atoms with E-state index in [2.05, 4.69) is 10.4 Å². The number of nitrogens with zero attached hydrogens (tertiary/aromatic N) is 2. The Morgan fingerprint density at radius 2 is 1.92 bits per heavy atom. The Hall–Kier alpha value is -3.71. The van der Waals surface area contributed by atoms with E-state index in [1.54, 1.807) is 29.1 Å². The first-order chi connectivity index (χ1) is 17.8. The normalized spacial score (nSPS) is 19.8. The van der Waals surface area contributed by atoms with Gasteiger partial charge in [-0.25, -0.2) is 4.39 Å². The second-order valence-corrected chi connectivity index (χ2v) is 10.6. The SMILES string of the molecule is O=C(NC1C(C(=O)O)CC12CCC2)c1cc(Cl)cc2cnn(Cc3ccc(-c4ccccc4)c(F)c3)c12. The third kappa shape index (κ3) is 4.07. The highest BCUT2D eigenvalue weighted by molar-refractivity contribution is 6.32. The minimum atomic E-state index is -0.884. The number of rotatable bonds is 6. The molecule has 2 unspecified atom stereocenters. The molecule has 6 nitrogen and oxygen atoms in total. The van der Waals surface area contributed by atoms with Crippen molar-refractivity contribution in [3.05, 3.63) is 88.8 Å². The maximum atomic E-state index is 15.0. The quantitative estimate of drug-likeness (QED) is 0.332. The summed E-state index contributed by atoms with van der Waals surface area (Å²) in [6.45, 7) is 0.252. The van der Waals surface area contributed by atoms with Crippen LogP contribution in [0, 0.1) is 17.2 Å². The van der Waals surface area contributed by atoms with Crippen LogP contribution in [0.25, 0.3) is 22.0 Å². The van der Waals surface area contributed by atoms with Gasteiger partial charge in [0.2, 0.25) is 0 Å². The molecule has 188 valence electrons. The van der Waals surface area contributed by atoms with Crippen LogP contribution < -0.4 is 5.32 Å². The number of amides is 1. The van der Waals surface area contributed by atoms with Gasteiger partial charge in [0.15, 0.2) is 0 Å². The number of aromatic nitrogens is 2. The summed E-state index contributed by atoms with van der Waals surface area (Å²) in [6.07, 6.45) is 5.13. The number of carboxylic acids is 1. The highest BCUT2D eigenvalue weighted by Gasteiger charge is 2.60. The molecular weight excluding hydrogens is 493 g/mol. The van der Waals surface area contributed by atoms with Crippen molar-refractivity contribution < 1.29 is 19.1 Å². The van der Waals surface area contributed by atoms with Gasteiger partial charge in [-0.15, -0.1) is 0 Å². The predicted molar refractivity (Wildman–Crippen MR) is 139 cm³/mol. The maximum Gasteiger partial charge on any atom is 0.308 e. The lowest BCUT2D eigenvalue weighted by Gasteiger charge is -2.59. The summed E-state index contributed by atoms with van der Waals surface area (Å²) in [4.78, 5) is 25.2. The number of fused-ring (bicyclic) bond motifs is 1.